The molecule has 0 N–H and O–H groups in total. The van der Waals surface area contributed by atoms with E-state index in [9.17, 15) is 13.2 Å². The molecule has 0 saturated carbocycles. The molecule has 2 aliphatic rings. The van der Waals surface area contributed by atoms with Crippen molar-refractivity contribution in [3.63, 3.8) is 0 Å². The second-order valence-electron chi connectivity index (χ2n) is 11.8. The van der Waals surface area contributed by atoms with Crippen LogP contribution in [0.15, 0.2) is 97.2 Å². The molecule has 4 aromatic rings. The van der Waals surface area contributed by atoms with E-state index in [1.54, 1.807) is 24.4 Å². The van der Waals surface area contributed by atoms with E-state index in [4.69, 9.17) is 9.47 Å². The summed E-state index contributed by atoms with van der Waals surface area (Å²) in [6.07, 6.45) is 5.20. The highest BCUT2D eigenvalue weighted by Crippen LogP contribution is 2.41. The summed E-state index contributed by atoms with van der Waals surface area (Å²) in [4.78, 5) is 18.9. The maximum absolute atomic E-state index is 13.0. The first-order chi connectivity index (χ1) is 21.3. The fraction of sp³-hybridized carbons (Fsp3) is 0.333. The molecule has 1 saturated heterocycles. The van der Waals surface area contributed by atoms with Crippen molar-refractivity contribution in [3.05, 3.63) is 120 Å². The zero-order valence-corrected chi connectivity index (χ0v) is 25.8. The van der Waals surface area contributed by atoms with Crippen LogP contribution in [-0.4, -0.2) is 43.1 Å². The van der Waals surface area contributed by atoms with Gasteiger partial charge in [-0.05, 0) is 71.3 Å². The van der Waals surface area contributed by atoms with Gasteiger partial charge < -0.3 is 14.4 Å². The number of ether oxygens (including phenoxy) is 2. The van der Waals surface area contributed by atoms with Crippen LogP contribution >= 0.6 is 0 Å². The fourth-order valence-electron chi connectivity index (χ4n) is 6.21. The molecule has 0 radical (unpaired) electrons. The lowest BCUT2D eigenvalue weighted by atomic mass is 9.82. The van der Waals surface area contributed by atoms with Gasteiger partial charge in [-0.3, -0.25) is 4.98 Å². The van der Waals surface area contributed by atoms with Gasteiger partial charge in [0.2, 0.25) is 0 Å². The van der Waals surface area contributed by atoms with Crippen LogP contribution in [0.5, 0.6) is 5.75 Å². The Morgan fingerprint density at radius 2 is 1.64 bits per heavy atom. The minimum atomic E-state index is -3.33. The van der Waals surface area contributed by atoms with Crippen molar-refractivity contribution < 1.29 is 22.7 Å². The van der Waals surface area contributed by atoms with E-state index < -0.39 is 9.84 Å². The molecule has 2 aliphatic heterocycles. The van der Waals surface area contributed by atoms with Crippen molar-refractivity contribution in [3.8, 4) is 16.9 Å². The summed E-state index contributed by atoms with van der Waals surface area (Å²) in [6.45, 7) is 3.26. The van der Waals surface area contributed by atoms with Gasteiger partial charge >= 0.3 is 6.09 Å². The van der Waals surface area contributed by atoms with Crippen LogP contribution in [0.4, 0.5) is 4.79 Å². The quantitative estimate of drug-likeness (QED) is 0.208. The highest BCUT2D eigenvalue weighted by molar-refractivity contribution is 7.89. The molecule has 1 fully saturated rings. The van der Waals surface area contributed by atoms with Crippen LogP contribution in [0.1, 0.15) is 61.1 Å². The topological polar surface area (TPSA) is 85.8 Å². The van der Waals surface area contributed by atoms with Crippen LogP contribution in [-0.2, 0) is 32.5 Å². The summed E-state index contributed by atoms with van der Waals surface area (Å²) < 4.78 is 37.9. The highest BCUT2D eigenvalue weighted by Gasteiger charge is 2.41. The van der Waals surface area contributed by atoms with E-state index in [-0.39, 0.29) is 29.3 Å². The van der Waals surface area contributed by atoms with Crippen molar-refractivity contribution in [2.45, 2.75) is 62.2 Å². The molecule has 1 aromatic heterocycles. The SMILES string of the molecule is CCC(OC(=O)N1CCC2(CCc3cc(-c4ccc(CS(=O)(=O)Cc5ccccn5)cc4)ccc3O2)CC1)c1ccccc1. The summed E-state index contributed by atoms with van der Waals surface area (Å²) in [6, 6.07) is 29.2. The Labute approximate surface area is 259 Å². The monoisotopic (exact) mass is 610 g/mol. The Bertz CT molecular complexity index is 1680. The average molecular weight is 611 g/mol. The van der Waals surface area contributed by atoms with Gasteiger partial charge in [0.15, 0.2) is 9.84 Å². The number of hydrogen-bond donors (Lipinski definition) is 0. The van der Waals surface area contributed by atoms with E-state index in [1.165, 1.54) is 5.56 Å². The van der Waals surface area contributed by atoms with Gasteiger partial charge in [-0.2, -0.15) is 0 Å². The highest BCUT2D eigenvalue weighted by atomic mass is 32.2. The third kappa shape index (κ3) is 6.97. The minimum Gasteiger partial charge on any atom is -0.487 e. The molecule has 0 bridgehead atoms. The van der Waals surface area contributed by atoms with Gasteiger partial charge in [-0.1, -0.05) is 73.7 Å². The van der Waals surface area contributed by atoms with Gasteiger partial charge in [-0.25, -0.2) is 13.2 Å². The maximum Gasteiger partial charge on any atom is 0.410 e. The molecule has 228 valence electrons. The Balaban J connectivity index is 1.05. The molecule has 1 spiro atoms. The maximum atomic E-state index is 13.0. The number of fused-ring (bicyclic) bond motifs is 1. The Morgan fingerprint density at radius 3 is 2.34 bits per heavy atom. The zero-order chi connectivity index (χ0) is 30.6. The van der Waals surface area contributed by atoms with Crippen LogP contribution in [0, 0.1) is 0 Å². The molecule has 7 nitrogen and oxygen atoms in total. The first-order valence-corrected chi connectivity index (χ1v) is 17.2. The molecule has 44 heavy (non-hydrogen) atoms. The molecule has 8 heteroatoms. The number of rotatable bonds is 8. The third-order valence-corrected chi connectivity index (χ3v) is 10.2. The van der Waals surface area contributed by atoms with Crippen LogP contribution in [0.3, 0.4) is 0 Å². The second-order valence-corrected chi connectivity index (χ2v) is 13.9. The first kappa shape index (κ1) is 29.9. The average Bonchev–Trinajstić information content (AvgIpc) is 3.04. The Morgan fingerprint density at radius 1 is 0.909 bits per heavy atom. The summed E-state index contributed by atoms with van der Waals surface area (Å²) in [7, 11) is -3.33. The number of aryl methyl sites for hydroxylation is 1. The number of likely N-dealkylation sites (tertiary alicyclic amines) is 1. The number of carbonyl (C=O) groups excluding carboxylic acids is 1. The summed E-state index contributed by atoms with van der Waals surface area (Å²) in [5.74, 6) is 0.812. The number of benzene rings is 3. The van der Waals surface area contributed by atoms with E-state index in [2.05, 4.69) is 17.1 Å². The molecule has 1 atom stereocenters. The molecular formula is C36H38N2O5S. The number of amides is 1. The molecule has 0 aliphatic carbocycles. The summed E-state index contributed by atoms with van der Waals surface area (Å²) in [5, 5.41) is 0. The van der Waals surface area contributed by atoms with E-state index >= 15 is 0 Å². The first-order valence-electron chi connectivity index (χ1n) is 15.3. The standard InChI is InChI=1S/C36H38N2O5S/c1-2-33(29-8-4-3-5-9-29)42-35(39)38-22-19-36(20-23-38)18-17-31-24-30(15-16-34(31)43-36)28-13-11-27(12-14-28)25-44(40,41)26-32-10-6-7-21-37-32/h3-16,21,24,33H,2,17-20,22-23,25-26H2,1H3. The van der Waals surface area contributed by atoms with Gasteiger partial charge in [0.1, 0.15) is 17.5 Å². The Hall–Kier alpha value is -4.17. The van der Waals surface area contributed by atoms with Crippen LogP contribution in [0.2, 0.25) is 0 Å². The van der Waals surface area contributed by atoms with Crippen molar-refractivity contribution >= 4 is 15.9 Å². The lowest BCUT2D eigenvalue weighted by Gasteiger charge is -2.44. The van der Waals surface area contributed by atoms with E-state index in [0.717, 1.165) is 60.1 Å². The molecule has 1 unspecified atom stereocenters. The van der Waals surface area contributed by atoms with Crippen LogP contribution < -0.4 is 4.74 Å². The van der Waals surface area contributed by atoms with E-state index in [0.29, 0.717) is 18.8 Å². The van der Waals surface area contributed by atoms with Gasteiger partial charge in [-0.15, -0.1) is 0 Å². The predicted molar refractivity (Wildman–Crippen MR) is 171 cm³/mol. The van der Waals surface area contributed by atoms with Crippen LogP contribution in [0.25, 0.3) is 11.1 Å². The number of nitrogens with zero attached hydrogens (tertiary/aromatic N) is 2. The second kappa shape index (κ2) is 12.8. The van der Waals surface area contributed by atoms with Crippen molar-refractivity contribution in [1.29, 1.82) is 0 Å². The smallest absolute Gasteiger partial charge is 0.410 e. The predicted octanol–water partition coefficient (Wildman–Crippen LogP) is 7.31. The molecule has 6 rings (SSSR count). The normalized spacial score (nSPS) is 16.5. The molecule has 3 heterocycles. The van der Waals surface area contributed by atoms with Gasteiger partial charge in [0.25, 0.3) is 0 Å². The summed E-state index contributed by atoms with van der Waals surface area (Å²) in [5.41, 5.74) is 5.35. The number of carbonyl (C=O) groups is 1. The fourth-order valence-corrected chi connectivity index (χ4v) is 7.63. The number of pyridine rings is 1. The number of sulfone groups is 1. The molecule has 1 amide bonds. The lowest BCUT2D eigenvalue weighted by Crippen LogP contribution is -2.51. The molecular weight excluding hydrogens is 572 g/mol. The largest absolute Gasteiger partial charge is 0.487 e. The van der Waals surface area contributed by atoms with Crippen molar-refractivity contribution in [2.24, 2.45) is 0 Å². The zero-order valence-electron chi connectivity index (χ0n) is 25.0. The lowest BCUT2D eigenvalue weighted by molar-refractivity contribution is -0.0197. The number of aromatic nitrogens is 1. The third-order valence-electron chi connectivity index (χ3n) is 8.72. The van der Waals surface area contributed by atoms with Crippen molar-refractivity contribution in [1.82, 2.24) is 9.88 Å². The minimum absolute atomic E-state index is 0.0225. The number of hydrogen-bond acceptors (Lipinski definition) is 6. The van der Waals surface area contributed by atoms with Gasteiger partial charge in [0, 0.05) is 32.1 Å². The molecule has 3 aromatic carbocycles. The van der Waals surface area contributed by atoms with Gasteiger partial charge in [0.05, 0.1) is 17.2 Å². The number of piperidine rings is 1. The Kier molecular flexibility index (Phi) is 8.71. The van der Waals surface area contributed by atoms with E-state index in [1.807, 2.05) is 72.5 Å². The summed E-state index contributed by atoms with van der Waals surface area (Å²) >= 11 is 0. The van der Waals surface area contributed by atoms with Crippen molar-refractivity contribution in [2.75, 3.05) is 13.1 Å².